The molecular formula is C38H40N4O6P2. The molecule has 3 aromatic heterocycles. The van der Waals surface area contributed by atoms with Crippen molar-refractivity contribution < 1.29 is 27.8 Å². The lowest BCUT2D eigenvalue weighted by Gasteiger charge is -2.18. The summed E-state index contributed by atoms with van der Waals surface area (Å²) in [6, 6.07) is 30.7. The molecule has 1 N–H and O–H groups in total. The average Bonchev–Trinajstić information content (AvgIpc) is 3.14. The highest BCUT2D eigenvalue weighted by Gasteiger charge is 2.25. The van der Waals surface area contributed by atoms with Crippen molar-refractivity contribution in [2.45, 2.75) is 19.8 Å². The van der Waals surface area contributed by atoms with Gasteiger partial charge in [0.15, 0.2) is 5.78 Å². The minimum absolute atomic E-state index is 0.111. The van der Waals surface area contributed by atoms with E-state index >= 15 is 0 Å². The topological polar surface area (TPSA) is 125 Å². The van der Waals surface area contributed by atoms with E-state index in [1.54, 1.807) is 117 Å². The first-order valence-electron chi connectivity index (χ1n) is 15.5. The normalized spacial score (nSPS) is 11.1. The first-order valence-corrected chi connectivity index (χ1v) is 18.3. The van der Waals surface area contributed by atoms with Crippen LogP contribution in [0.5, 0.6) is 23.4 Å². The predicted octanol–water partition coefficient (Wildman–Crippen LogP) is 9.25. The number of para-hydroxylation sites is 1. The molecule has 0 saturated heterocycles. The molecule has 12 heteroatoms. The summed E-state index contributed by atoms with van der Waals surface area (Å²) < 4.78 is 22.8. The predicted molar refractivity (Wildman–Crippen MR) is 201 cm³/mol. The van der Waals surface area contributed by atoms with Crippen molar-refractivity contribution in [1.82, 2.24) is 15.0 Å². The molecule has 5 aromatic rings. The fraction of sp³-hybridized carbons (Fsp3) is 0.132. The van der Waals surface area contributed by atoms with Crippen molar-refractivity contribution in [2.75, 3.05) is 13.7 Å². The number of allylic oxidation sites excluding steroid dienone is 3. The van der Waals surface area contributed by atoms with Gasteiger partial charge >= 0.3 is 8.60 Å². The lowest BCUT2D eigenvalue weighted by molar-refractivity contribution is 0.103. The molecule has 3 heterocycles. The molecule has 1 unspecified atom stereocenters. The molecule has 0 aliphatic carbocycles. The Labute approximate surface area is 296 Å². The molecule has 50 heavy (non-hydrogen) atoms. The zero-order chi connectivity index (χ0) is 35.8. The number of carbonyl (C=O) groups is 1. The fourth-order valence-corrected chi connectivity index (χ4v) is 5.28. The van der Waals surface area contributed by atoms with Crippen LogP contribution in [0.25, 0.3) is 0 Å². The van der Waals surface area contributed by atoms with Crippen LogP contribution in [0.3, 0.4) is 0 Å². The summed E-state index contributed by atoms with van der Waals surface area (Å²) in [6.45, 7) is 7.18. The number of benzene rings is 2. The van der Waals surface area contributed by atoms with E-state index in [0.717, 1.165) is 18.4 Å². The summed E-state index contributed by atoms with van der Waals surface area (Å²) in [6.07, 6.45) is 13.7. The molecular weight excluding hydrogens is 670 g/mol. The van der Waals surface area contributed by atoms with Gasteiger partial charge in [0, 0.05) is 62.3 Å². The highest BCUT2D eigenvalue weighted by molar-refractivity contribution is 7.45. The third-order valence-corrected chi connectivity index (χ3v) is 7.51. The summed E-state index contributed by atoms with van der Waals surface area (Å²) in [7, 11) is -1.60. The maximum absolute atomic E-state index is 13.5. The van der Waals surface area contributed by atoms with Crippen LogP contribution >= 0.6 is 17.0 Å². The first kappa shape index (κ1) is 39.2. The maximum Gasteiger partial charge on any atom is 0.532 e. The highest BCUT2D eigenvalue weighted by Crippen LogP contribution is 2.42. The molecule has 258 valence electrons. The molecule has 0 radical (unpaired) electrons. The van der Waals surface area contributed by atoms with Crippen molar-refractivity contribution in [2.24, 2.45) is 4.99 Å². The molecule has 0 aliphatic heterocycles. The van der Waals surface area contributed by atoms with Crippen LogP contribution in [0.4, 0.5) is 0 Å². The van der Waals surface area contributed by atoms with Gasteiger partial charge in [0.2, 0.25) is 26.0 Å². The van der Waals surface area contributed by atoms with Gasteiger partial charge in [-0.15, -0.1) is 0 Å². The van der Waals surface area contributed by atoms with E-state index in [4.69, 9.17) is 23.0 Å². The lowest BCUT2D eigenvalue weighted by Crippen LogP contribution is -2.09. The Bertz CT molecular complexity index is 1720. The second-order valence-electron chi connectivity index (χ2n) is 9.82. The van der Waals surface area contributed by atoms with Crippen LogP contribution in [0.15, 0.2) is 152 Å². The summed E-state index contributed by atoms with van der Waals surface area (Å²) in [5.74, 6) is 1.42. The largest absolute Gasteiger partial charge is 0.532 e. The van der Waals surface area contributed by atoms with Crippen LogP contribution < -0.4 is 18.1 Å². The van der Waals surface area contributed by atoms with Crippen molar-refractivity contribution >= 4 is 29.0 Å². The standard InChI is InChI=1S/C26H23N2O4P.C6H8NO2P.C6H9N/c1-2-11-20-12-3-4-13-21(20)26(29)22-14-5-6-15-23(22)30-33(31-24-16-7-9-18-27-24)32-25-17-8-10-19-28-25;1-10(8)9-6-4-2-3-5-7-6;1-3-4-5-6-7-2/h3-10,12-19H,2,11H2,1H3;2-5,8H,1H3;3-6H,1H2,2H3/b;;5-4-,7-6?. The molecule has 0 bridgehead atoms. The van der Waals surface area contributed by atoms with Crippen molar-refractivity contribution in [3.63, 3.8) is 0 Å². The Kier molecular flexibility index (Phi) is 18.1. The zero-order valence-electron chi connectivity index (χ0n) is 28.1. The van der Waals surface area contributed by atoms with Crippen LogP contribution in [-0.4, -0.2) is 45.6 Å². The van der Waals surface area contributed by atoms with E-state index in [9.17, 15) is 4.79 Å². The van der Waals surface area contributed by atoms with Crippen molar-refractivity contribution in [3.8, 4) is 23.4 Å². The molecule has 2 aromatic carbocycles. The van der Waals surface area contributed by atoms with Gasteiger partial charge in [-0.1, -0.05) is 86.7 Å². The van der Waals surface area contributed by atoms with Gasteiger partial charge in [0.05, 0.1) is 5.56 Å². The summed E-state index contributed by atoms with van der Waals surface area (Å²) >= 11 is 0. The number of hydrogen-bond acceptors (Lipinski definition) is 10. The van der Waals surface area contributed by atoms with Crippen LogP contribution in [0.1, 0.15) is 34.8 Å². The minimum atomic E-state index is -1.99. The van der Waals surface area contributed by atoms with Crippen LogP contribution in [0, 0.1) is 0 Å². The van der Waals surface area contributed by atoms with Gasteiger partial charge in [-0.3, -0.25) is 9.79 Å². The molecule has 0 saturated carbocycles. The van der Waals surface area contributed by atoms with E-state index < -0.39 is 17.0 Å². The minimum Gasteiger partial charge on any atom is -0.430 e. The Balaban J connectivity index is 0.000000326. The number of ketones is 1. The number of carbonyl (C=O) groups excluding carboxylic acids is 1. The molecule has 5 rings (SSSR count). The van der Waals surface area contributed by atoms with Crippen molar-refractivity contribution in [3.05, 3.63) is 163 Å². The molecule has 0 spiro atoms. The third kappa shape index (κ3) is 14.5. The smallest absolute Gasteiger partial charge is 0.430 e. The molecule has 0 fully saturated rings. The van der Waals surface area contributed by atoms with Crippen LogP contribution in [0.2, 0.25) is 0 Å². The van der Waals surface area contributed by atoms with Gasteiger partial charge < -0.3 is 23.0 Å². The average molecular weight is 711 g/mol. The first-order chi connectivity index (χ1) is 24.4. The Hall–Kier alpha value is -5.27. The monoisotopic (exact) mass is 710 g/mol. The van der Waals surface area contributed by atoms with Crippen LogP contribution in [-0.2, 0) is 6.42 Å². The Morgan fingerprint density at radius 2 is 1.26 bits per heavy atom. The van der Waals surface area contributed by atoms with Gasteiger partial charge in [-0.2, -0.15) is 0 Å². The summed E-state index contributed by atoms with van der Waals surface area (Å²) in [5, 5.41) is 0. The summed E-state index contributed by atoms with van der Waals surface area (Å²) in [4.78, 5) is 38.2. The van der Waals surface area contributed by atoms with E-state index in [-0.39, 0.29) is 5.78 Å². The highest BCUT2D eigenvalue weighted by atomic mass is 31.2. The maximum atomic E-state index is 13.5. The van der Waals surface area contributed by atoms with Gasteiger partial charge in [0.1, 0.15) is 5.75 Å². The number of nitrogens with zero attached hydrogens (tertiary/aromatic N) is 4. The van der Waals surface area contributed by atoms with Crippen molar-refractivity contribution in [1.29, 1.82) is 0 Å². The second-order valence-corrected chi connectivity index (χ2v) is 11.9. The molecule has 10 nitrogen and oxygen atoms in total. The molecule has 1 atom stereocenters. The van der Waals surface area contributed by atoms with Gasteiger partial charge in [-0.25, -0.2) is 15.0 Å². The number of aryl methyl sites for hydroxylation is 1. The summed E-state index contributed by atoms with van der Waals surface area (Å²) in [5.41, 5.74) is 2.11. The number of pyridine rings is 3. The second kappa shape index (κ2) is 23.1. The number of aromatic nitrogens is 3. The third-order valence-electron chi connectivity index (χ3n) is 6.04. The quantitative estimate of drug-likeness (QED) is 0.0520. The van der Waals surface area contributed by atoms with E-state index in [0.29, 0.717) is 34.5 Å². The molecule has 0 aliphatic rings. The number of hydrogen-bond donors (Lipinski definition) is 1. The zero-order valence-corrected chi connectivity index (χ0v) is 29.9. The van der Waals surface area contributed by atoms with E-state index in [1.807, 2.05) is 42.5 Å². The Morgan fingerprint density at radius 3 is 1.76 bits per heavy atom. The van der Waals surface area contributed by atoms with Gasteiger partial charge in [-0.05, 0) is 48.4 Å². The molecule has 0 amide bonds. The Morgan fingerprint density at radius 1 is 0.740 bits per heavy atom. The van der Waals surface area contributed by atoms with Gasteiger partial charge in [0.25, 0.3) is 0 Å². The van der Waals surface area contributed by atoms with E-state index in [2.05, 4.69) is 33.4 Å². The lowest BCUT2D eigenvalue weighted by atomic mass is 9.95. The SMILES string of the molecule is C=C/C=C\C=NC.CCCc1ccccc1C(=O)c1ccccc1OP(Oc1ccccn1)Oc1ccccn1.CP(O)Oc1ccccn1. The van der Waals surface area contributed by atoms with E-state index in [1.165, 1.54) is 0 Å². The fourth-order valence-electron chi connectivity index (χ4n) is 3.95. The number of aliphatic imine (C=N–C) groups is 1. The number of rotatable bonds is 14.